The molecule has 3 atom stereocenters. The summed E-state index contributed by atoms with van der Waals surface area (Å²) < 4.78 is 19.4. The summed E-state index contributed by atoms with van der Waals surface area (Å²) in [5.74, 6) is -0.118. The quantitative estimate of drug-likeness (QED) is 0.634. The van der Waals surface area contributed by atoms with Crippen LogP contribution in [0.5, 0.6) is 5.88 Å². The average Bonchev–Trinajstić information content (AvgIpc) is 2.61. The summed E-state index contributed by atoms with van der Waals surface area (Å²) in [4.78, 5) is 19.2. The molecule has 0 aliphatic heterocycles. The van der Waals surface area contributed by atoms with Gasteiger partial charge in [-0.15, -0.1) is 0 Å². The number of nitrogens with one attached hydrogen (secondary N) is 2. The topological polar surface area (TPSA) is 117 Å². The van der Waals surface area contributed by atoms with Gasteiger partial charge in [0.25, 0.3) is 0 Å². The molecule has 1 amide bonds. The number of halogens is 1. The van der Waals surface area contributed by atoms with Gasteiger partial charge in [0.1, 0.15) is 11.3 Å². The number of aromatic nitrogens is 2. The van der Waals surface area contributed by atoms with Crippen molar-refractivity contribution in [2.75, 3.05) is 7.11 Å². The molecule has 9 heteroatoms. The van der Waals surface area contributed by atoms with Gasteiger partial charge in [0.2, 0.25) is 5.88 Å². The maximum Gasteiger partial charge on any atom is 0.404 e. The van der Waals surface area contributed by atoms with Crippen LogP contribution < -0.4 is 15.4 Å². The van der Waals surface area contributed by atoms with Crippen LogP contribution in [0.25, 0.3) is 11.0 Å². The number of aliphatic hydroxyl groups excluding tert-OH is 1. The number of carboxylic acid groups (broad SMARTS) is 1. The molecule has 0 unspecified atom stereocenters. The molecule has 1 aromatic heterocycles. The van der Waals surface area contributed by atoms with E-state index in [4.69, 9.17) is 9.84 Å². The molecule has 2 aromatic rings. The molecule has 0 radical (unpaired) electrons. The van der Waals surface area contributed by atoms with Crippen LogP contribution in [0, 0.1) is 5.82 Å². The van der Waals surface area contributed by atoms with Crippen molar-refractivity contribution in [3.8, 4) is 5.88 Å². The Balaban J connectivity index is 1.72. The second-order valence-corrected chi connectivity index (χ2v) is 6.32. The molecule has 26 heavy (non-hydrogen) atoms. The molecule has 1 fully saturated rings. The summed E-state index contributed by atoms with van der Waals surface area (Å²) in [6.07, 6.45) is 1.14. The van der Waals surface area contributed by atoms with Crippen molar-refractivity contribution in [3.05, 3.63) is 29.7 Å². The van der Waals surface area contributed by atoms with Crippen LogP contribution in [0.2, 0.25) is 0 Å². The first-order valence-corrected chi connectivity index (χ1v) is 8.37. The van der Waals surface area contributed by atoms with Gasteiger partial charge in [-0.3, -0.25) is 0 Å². The zero-order chi connectivity index (χ0) is 18.7. The minimum absolute atomic E-state index is 0.170. The Bertz CT molecular complexity index is 804. The van der Waals surface area contributed by atoms with Crippen LogP contribution in [0.4, 0.5) is 9.18 Å². The minimum atomic E-state index is -1.10. The van der Waals surface area contributed by atoms with E-state index in [1.165, 1.54) is 19.4 Å². The van der Waals surface area contributed by atoms with Crippen LogP contribution in [0.1, 0.15) is 24.8 Å². The fourth-order valence-corrected chi connectivity index (χ4v) is 3.28. The Hall–Kier alpha value is -2.52. The lowest BCUT2D eigenvalue weighted by atomic mass is 9.88. The van der Waals surface area contributed by atoms with Crippen LogP contribution in [-0.4, -0.2) is 51.6 Å². The predicted octanol–water partition coefficient (Wildman–Crippen LogP) is 1.42. The number of methoxy groups -OCH3 is 1. The van der Waals surface area contributed by atoms with Gasteiger partial charge in [-0.1, -0.05) is 0 Å². The molecule has 1 aliphatic rings. The average molecular weight is 364 g/mol. The summed E-state index contributed by atoms with van der Waals surface area (Å²) >= 11 is 0. The molecule has 3 rings (SSSR count). The van der Waals surface area contributed by atoms with E-state index in [9.17, 15) is 14.3 Å². The fourth-order valence-electron chi connectivity index (χ4n) is 3.28. The second-order valence-electron chi connectivity index (χ2n) is 6.32. The molecule has 8 nitrogen and oxygen atoms in total. The summed E-state index contributed by atoms with van der Waals surface area (Å²) in [6.45, 7) is 0.170. The summed E-state index contributed by atoms with van der Waals surface area (Å²) in [5.41, 5.74) is 1.32. The van der Waals surface area contributed by atoms with Gasteiger partial charge in [-0.2, -0.15) is 0 Å². The highest BCUT2D eigenvalue weighted by Crippen LogP contribution is 2.23. The van der Waals surface area contributed by atoms with Gasteiger partial charge in [0.05, 0.1) is 24.9 Å². The maximum absolute atomic E-state index is 14.3. The zero-order valence-electron chi connectivity index (χ0n) is 14.3. The summed E-state index contributed by atoms with van der Waals surface area (Å²) in [7, 11) is 1.47. The van der Waals surface area contributed by atoms with Gasteiger partial charge >= 0.3 is 6.09 Å². The van der Waals surface area contributed by atoms with Crippen molar-refractivity contribution in [2.45, 2.75) is 44.0 Å². The van der Waals surface area contributed by atoms with E-state index in [-0.39, 0.29) is 18.6 Å². The smallest absolute Gasteiger partial charge is 0.404 e. The number of nitrogens with zero attached hydrogens (tertiary/aromatic N) is 2. The van der Waals surface area contributed by atoms with Crippen molar-refractivity contribution in [3.63, 3.8) is 0 Å². The number of amides is 1. The molecule has 0 spiro atoms. The highest BCUT2D eigenvalue weighted by Gasteiger charge is 2.30. The number of fused-ring (bicyclic) bond motifs is 1. The van der Waals surface area contributed by atoms with E-state index in [1.807, 2.05) is 0 Å². The van der Waals surface area contributed by atoms with E-state index in [0.29, 0.717) is 41.7 Å². The lowest BCUT2D eigenvalue weighted by Crippen LogP contribution is -2.49. The first-order chi connectivity index (χ1) is 12.5. The molecule has 1 aliphatic carbocycles. The molecule has 1 heterocycles. The largest absolute Gasteiger partial charge is 0.480 e. The van der Waals surface area contributed by atoms with Gasteiger partial charge in [-0.25, -0.2) is 19.2 Å². The fraction of sp³-hybridized carbons (Fsp3) is 0.471. The van der Waals surface area contributed by atoms with E-state index >= 15 is 0 Å². The molecule has 0 bridgehead atoms. The van der Waals surface area contributed by atoms with Crippen LogP contribution in [0.3, 0.4) is 0 Å². The number of rotatable bonds is 5. The maximum atomic E-state index is 14.3. The van der Waals surface area contributed by atoms with Crippen molar-refractivity contribution in [1.29, 1.82) is 0 Å². The first-order valence-electron chi connectivity index (χ1n) is 8.37. The van der Waals surface area contributed by atoms with Crippen molar-refractivity contribution in [2.24, 2.45) is 0 Å². The van der Waals surface area contributed by atoms with E-state index in [2.05, 4.69) is 20.6 Å². The minimum Gasteiger partial charge on any atom is -0.480 e. The molecular formula is C17H21FN4O4. The van der Waals surface area contributed by atoms with Crippen LogP contribution in [-0.2, 0) is 6.54 Å². The first kappa shape index (κ1) is 18.3. The molecule has 4 N–H and O–H groups in total. The number of ether oxygens (including phenoxy) is 1. The standard InChI is InChI=1S/C17H21FN4O4/c1-26-15-8-20-13-5-3-11(18)10(16(13)22-15)7-19-12-4-2-9(6-14(12)23)21-17(24)25/h3,5,8-9,12,14,19,21,23H,2,4,6-7H2,1H3,(H,24,25)/t9-,12-,14+/m1/s1. The van der Waals surface area contributed by atoms with Crippen LogP contribution in [0.15, 0.2) is 18.3 Å². The van der Waals surface area contributed by atoms with Gasteiger partial charge in [0.15, 0.2) is 0 Å². The number of hydrogen-bond acceptors (Lipinski definition) is 6. The number of hydrogen-bond donors (Lipinski definition) is 4. The molecular weight excluding hydrogens is 343 g/mol. The third-order valence-electron chi connectivity index (χ3n) is 4.63. The van der Waals surface area contributed by atoms with E-state index in [0.717, 1.165) is 0 Å². The van der Waals surface area contributed by atoms with E-state index < -0.39 is 18.0 Å². The monoisotopic (exact) mass is 364 g/mol. The normalized spacial score (nSPS) is 23.0. The van der Waals surface area contributed by atoms with Crippen LogP contribution >= 0.6 is 0 Å². The molecule has 0 saturated heterocycles. The van der Waals surface area contributed by atoms with Crippen molar-refractivity contribution < 1.29 is 24.1 Å². The van der Waals surface area contributed by atoms with Crippen molar-refractivity contribution in [1.82, 2.24) is 20.6 Å². The highest BCUT2D eigenvalue weighted by atomic mass is 19.1. The van der Waals surface area contributed by atoms with Crippen molar-refractivity contribution >= 4 is 17.1 Å². The molecule has 1 saturated carbocycles. The second kappa shape index (κ2) is 7.79. The Morgan fingerprint density at radius 1 is 1.42 bits per heavy atom. The predicted molar refractivity (Wildman–Crippen MR) is 91.5 cm³/mol. The third kappa shape index (κ3) is 4.00. The van der Waals surface area contributed by atoms with Gasteiger partial charge < -0.3 is 25.6 Å². The number of benzene rings is 1. The Morgan fingerprint density at radius 3 is 2.92 bits per heavy atom. The molecule has 140 valence electrons. The van der Waals surface area contributed by atoms with Gasteiger partial charge in [0, 0.05) is 24.2 Å². The van der Waals surface area contributed by atoms with E-state index in [1.54, 1.807) is 6.07 Å². The third-order valence-corrected chi connectivity index (χ3v) is 4.63. The Kier molecular flexibility index (Phi) is 5.48. The summed E-state index contributed by atoms with van der Waals surface area (Å²) in [6, 6.07) is 2.36. The highest BCUT2D eigenvalue weighted by molar-refractivity contribution is 5.78. The molecule has 1 aromatic carbocycles. The lowest BCUT2D eigenvalue weighted by molar-refractivity contribution is 0.0740. The summed E-state index contributed by atoms with van der Waals surface area (Å²) in [5, 5.41) is 24.6. The Morgan fingerprint density at radius 2 is 2.23 bits per heavy atom. The Labute approximate surface area is 149 Å². The number of aliphatic hydroxyl groups is 1. The lowest BCUT2D eigenvalue weighted by Gasteiger charge is -2.33. The number of carbonyl (C=O) groups is 1. The SMILES string of the molecule is COc1cnc2ccc(F)c(CN[C@@H]3CC[C@@H](NC(=O)O)C[C@@H]3O)c2n1. The van der Waals surface area contributed by atoms with Gasteiger partial charge in [-0.05, 0) is 31.4 Å². The zero-order valence-corrected chi connectivity index (χ0v) is 14.3.